The summed E-state index contributed by atoms with van der Waals surface area (Å²) >= 11 is 0. The van der Waals surface area contributed by atoms with E-state index in [1.807, 2.05) is 36.4 Å². The van der Waals surface area contributed by atoms with Crippen molar-refractivity contribution in [2.75, 3.05) is 4.31 Å². The standard InChI is InChI=1S/C20H15FN2O2S/c21-16-11-12-18-19(13-16)22-26(25,14-15-7-3-1-4-8-15)23(20(18)24)17-9-5-2-6-10-17/h1-13H,14H2. The summed E-state index contributed by atoms with van der Waals surface area (Å²) in [6.07, 6.45) is 0. The first-order chi connectivity index (χ1) is 12.6. The summed E-state index contributed by atoms with van der Waals surface area (Å²) < 4.78 is 33.0. The molecule has 1 unspecified atom stereocenters. The molecule has 4 rings (SSSR count). The van der Waals surface area contributed by atoms with E-state index in [1.165, 1.54) is 16.4 Å². The molecule has 3 aromatic carbocycles. The molecule has 1 aliphatic heterocycles. The van der Waals surface area contributed by atoms with Crippen molar-refractivity contribution in [1.82, 2.24) is 0 Å². The van der Waals surface area contributed by atoms with Gasteiger partial charge in [0.25, 0.3) is 5.91 Å². The zero-order chi connectivity index (χ0) is 18.1. The summed E-state index contributed by atoms with van der Waals surface area (Å²) in [4.78, 5) is 13.1. The fourth-order valence-corrected chi connectivity index (χ4v) is 5.10. The van der Waals surface area contributed by atoms with Crippen molar-refractivity contribution in [3.05, 3.63) is 95.8 Å². The quantitative estimate of drug-likeness (QED) is 0.674. The highest BCUT2D eigenvalue weighted by Crippen LogP contribution is 2.35. The molecule has 1 aliphatic rings. The lowest BCUT2D eigenvalue weighted by Gasteiger charge is -2.30. The molecule has 0 fully saturated rings. The minimum absolute atomic E-state index is 0.0599. The van der Waals surface area contributed by atoms with E-state index in [0.717, 1.165) is 11.6 Å². The Morgan fingerprint density at radius 2 is 1.58 bits per heavy atom. The predicted octanol–water partition coefficient (Wildman–Crippen LogP) is 4.70. The summed E-state index contributed by atoms with van der Waals surface area (Å²) in [5, 5.41) is 0. The smallest absolute Gasteiger partial charge is 0.268 e. The van der Waals surface area contributed by atoms with Crippen molar-refractivity contribution in [2.24, 2.45) is 4.36 Å². The average Bonchev–Trinajstić information content (AvgIpc) is 2.63. The first-order valence-electron chi connectivity index (χ1n) is 8.05. The van der Waals surface area contributed by atoms with Crippen LogP contribution in [0.25, 0.3) is 0 Å². The maximum absolute atomic E-state index is 13.8. The van der Waals surface area contributed by atoms with Gasteiger partial charge >= 0.3 is 0 Å². The number of nitrogens with zero attached hydrogens (tertiary/aromatic N) is 2. The Morgan fingerprint density at radius 3 is 2.27 bits per heavy atom. The van der Waals surface area contributed by atoms with Gasteiger partial charge in [-0.25, -0.2) is 12.9 Å². The lowest BCUT2D eigenvalue weighted by atomic mass is 10.1. The van der Waals surface area contributed by atoms with Gasteiger partial charge in [0.2, 0.25) is 0 Å². The van der Waals surface area contributed by atoms with Gasteiger partial charge < -0.3 is 0 Å². The molecule has 0 N–H and O–H groups in total. The predicted molar refractivity (Wildman–Crippen MR) is 100 cm³/mol. The summed E-state index contributed by atoms with van der Waals surface area (Å²) in [6, 6.07) is 21.7. The lowest BCUT2D eigenvalue weighted by molar-refractivity contribution is 0.101. The van der Waals surface area contributed by atoms with Crippen molar-refractivity contribution in [1.29, 1.82) is 0 Å². The van der Waals surface area contributed by atoms with Crippen LogP contribution in [0, 0.1) is 5.82 Å². The molecule has 1 atom stereocenters. The van der Waals surface area contributed by atoms with Crippen LogP contribution in [0.2, 0.25) is 0 Å². The fraction of sp³-hybridized carbons (Fsp3) is 0.0500. The van der Waals surface area contributed by atoms with E-state index >= 15 is 0 Å². The Hall–Kier alpha value is -2.99. The number of amides is 1. The van der Waals surface area contributed by atoms with E-state index in [0.29, 0.717) is 5.69 Å². The lowest BCUT2D eigenvalue weighted by Crippen LogP contribution is -2.39. The van der Waals surface area contributed by atoms with Crippen LogP contribution < -0.4 is 4.31 Å². The zero-order valence-corrected chi connectivity index (χ0v) is 14.5. The third kappa shape index (κ3) is 2.88. The SMILES string of the molecule is O=C1c2ccc(F)cc2N=S(=O)(Cc2ccccc2)N1c1ccccc1. The molecule has 3 aromatic rings. The van der Waals surface area contributed by atoms with E-state index in [1.54, 1.807) is 24.3 Å². The van der Waals surface area contributed by atoms with Crippen molar-refractivity contribution in [2.45, 2.75) is 5.75 Å². The molecule has 1 amide bonds. The molecular formula is C20H15FN2O2S. The number of rotatable bonds is 3. The van der Waals surface area contributed by atoms with Crippen molar-refractivity contribution in [3.63, 3.8) is 0 Å². The van der Waals surface area contributed by atoms with Crippen molar-refractivity contribution >= 4 is 27.2 Å². The molecule has 0 saturated heterocycles. The number of carbonyl (C=O) groups excluding carboxylic acids is 1. The third-order valence-corrected chi connectivity index (χ3v) is 6.23. The van der Waals surface area contributed by atoms with E-state index in [2.05, 4.69) is 4.36 Å². The van der Waals surface area contributed by atoms with Crippen LogP contribution in [0.3, 0.4) is 0 Å². The molecule has 0 bridgehead atoms. The molecule has 130 valence electrons. The fourth-order valence-electron chi connectivity index (χ4n) is 2.93. The molecule has 4 nitrogen and oxygen atoms in total. The molecule has 0 aliphatic carbocycles. The molecule has 6 heteroatoms. The molecule has 0 spiro atoms. The van der Waals surface area contributed by atoms with Gasteiger partial charge in [-0.2, -0.15) is 4.36 Å². The van der Waals surface area contributed by atoms with Crippen LogP contribution in [0.4, 0.5) is 15.8 Å². The van der Waals surface area contributed by atoms with Gasteiger partial charge in [-0.15, -0.1) is 0 Å². The number of hydrogen-bond donors (Lipinski definition) is 0. The van der Waals surface area contributed by atoms with E-state index in [9.17, 15) is 13.4 Å². The normalized spacial score (nSPS) is 19.0. The first-order valence-corrected chi connectivity index (χ1v) is 9.69. The molecule has 0 radical (unpaired) electrons. The highest BCUT2D eigenvalue weighted by Gasteiger charge is 2.34. The van der Waals surface area contributed by atoms with Crippen LogP contribution in [0.1, 0.15) is 15.9 Å². The first kappa shape index (κ1) is 16.5. The Bertz CT molecular complexity index is 1090. The highest BCUT2D eigenvalue weighted by atomic mass is 32.2. The largest absolute Gasteiger partial charge is 0.273 e. The van der Waals surface area contributed by atoms with Gasteiger partial charge in [-0.3, -0.25) is 4.79 Å². The number of hydrogen-bond acceptors (Lipinski definition) is 3. The van der Waals surface area contributed by atoms with Crippen LogP contribution in [0.15, 0.2) is 83.2 Å². The van der Waals surface area contributed by atoms with Gasteiger partial charge in [-0.05, 0) is 29.8 Å². The van der Waals surface area contributed by atoms with Gasteiger partial charge in [0, 0.05) is 6.07 Å². The minimum atomic E-state index is -3.17. The van der Waals surface area contributed by atoms with Crippen LogP contribution in [0.5, 0.6) is 0 Å². The second kappa shape index (κ2) is 6.38. The Labute approximate surface area is 151 Å². The number of halogens is 1. The summed E-state index contributed by atoms with van der Waals surface area (Å²) in [5.41, 5.74) is 1.65. The van der Waals surface area contributed by atoms with Crippen molar-refractivity contribution < 1.29 is 13.4 Å². The monoisotopic (exact) mass is 366 g/mol. The van der Waals surface area contributed by atoms with E-state index < -0.39 is 21.6 Å². The number of para-hydroxylation sites is 1. The van der Waals surface area contributed by atoms with E-state index in [-0.39, 0.29) is 17.0 Å². The Kier molecular flexibility index (Phi) is 4.05. The molecule has 0 saturated carbocycles. The van der Waals surface area contributed by atoms with Crippen LogP contribution in [-0.2, 0) is 15.7 Å². The average molecular weight is 366 g/mol. The van der Waals surface area contributed by atoms with Crippen LogP contribution in [-0.4, -0.2) is 10.1 Å². The van der Waals surface area contributed by atoms with Gasteiger partial charge in [0.15, 0.2) is 0 Å². The second-order valence-corrected chi connectivity index (χ2v) is 7.97. The topological polar surface area (TPSA) is 49.7 Å². The Morgan fingerprint density at radius 1 is 0.923 bits per heavy atom. The van der Waals surface area contributed by atoms with Crippen LogP contribution >= 0.6 is 0 Å². The summed E-state index contributed by atoms with van der Waals surface area (Å²) in [6.45, 7) is 0. The number of benzene rings is 3. The zero-order valence-electron chi connectivity index (χ0n) is 13.7. The maximum Gasteiger partial charge on any atom is 0.273 e. The molecule has 0 aromatic heterocycles. The number of carbonyl (C=O) groups is 1. The Balaban J connectivity index is 1.93. The highest BCUT2D eigenvalue weighted by molar-refractivity contribution is 7.95. The minimum Gasteiger partial charge on any atom is -0.268 e. The number of anilines is 1. The molecule has 1 heterocycles. The molecular weight excluding hydrogens is 351 g/mol. The van der Waals surface area contributed by atoms with Gasteiger partial charge in [-0.1, -0.05) is 48.5 Å². The van der Waals surface area contributed by atoms with Crippen molar-refractivity contribution in [3.8, 4) is 0 Å². The van der Waals surface area contributed by atoms with Gasteiger partial charge in [0.1, 0.15) is 15.7 Å². The number of fused-ring (bicyclic) bond motifs is 1. The summed E-state index contributed by atoms with van der Waals surface area (Å²) in [5.74, 6) is -0.901. The van der Waals surface area contributed by atoms with E-state index in [4.69, 9.17) is 0 Å². The maximum atomic E-state index is 13.8. The third-order valence-electron chi connectivity index (χ3n) is 4.09. The molecule has 26 heavy (non-hydrogen) atoms. The van der Waals surface area contributed by atoms with Gasteiger partial charge in [0.05, 0.1) is 22.7 Å². The summed E-state index contributed by atoms with van der Waals surface area (Å²) in [7, 11) is -3.17. The second-order valence-electron chi connectivity index (χ2n) is 5.92.